The van der Waals surface area contributed by atoms with Gasteiger partial charge in [0.1, 0.15) is 5.75 Å². The zero-order chi connectivity index (χ0) is 13.8. The molecule has 1 aliphatic carbocycles. The van der Waals surface area contributed by atoms with Crippen molar-refractivity contribution in [1.82, 2.24) is 10.2 Å². The molecule has 1 atom stereocenters. The Hall–Kier alpha value is -1.06. The van der Waals surface area contributed by atoms with Crippen molar-refractivity contribution >= 4 is 0 Å². The molecule has 1 aliphatic heterocycles. The Balaban J connectivity index is 1.60. The van der Waals surface area contributed by atoms with Crippen LogP contribution in [-0.2, 0) is 6.54 Å². The topological polar surface area (TPSA) is 24.5 Å². The van der Waals surface area contributed by atoms with Crippen LogP contribution in [0.3, 0.4) is 0 Å². The maximum absolute atomic E-state index is 6.01. The molecule has 0 bridgehead atoms. The Morgan fingerprint density at radius 1 is 1.25 bits per heavy atom. The summed E-state index contributed by atoms with van der Waals surface area (Å²) in [5.74, 6) is 1.90. The summed E-state index contributed by atoms with van der Waals surface area (Å²) in [7, 11) is 2.07. The fourth-order valence-electron chi connectivity index (χ4n) is 2.94. The summed E-state index contributed by atoms with van der Waals surface area (Å²) in [5, 5.41) is 3.41. The van der Waals surface area contributed by atoms with Crippen LogP contribution in [0.1, 0.15) is 31.2 Å². The third-order valence-electron chi connectivity index (χ3n) is 4.45. The predicted octanol–water partition coefficient (Wildman–Crippen LogP) is 2.66. The van der Waals surface area contributed by atoms with E-state index < -0.39 is 0 Å². The third kappa shape index (κ3) is 3.74. The summed E-state index contributed by atoms with van der Waals surface area (Å²) in [6.07, 6.45) is 5.28. The fourth-order valence-corrected chi connectivity index (χ4v) is 2.94. The molecule has 2 aliphatic rings. The molecule has 2 fully saturated rings. The molecular formula is C17H26N2O. The molecular weight excluding hydrogens is 248 g/mol. The summed E-state index contributed by atoms with van der Waals surface area (Å²) in [6.45, 7) is 4.26. The summed E-state index contributed by atoms with van der Waals surface area (Å²) in [5.41, 5.74) is 1.34. The first-order valence-corrected chi connectivity index (χ1v) is 7.95. The molecule has 1 saturated carbocycles. The summed E-state index contributed by atoms with van der Waals surface area (Å²) in [6, 6.07) is 9.18. The minimum atomic E-state index is 0.642. The lowest BCUT2D eigenvalue weighted by Gasteiger charge is -2.32. The highest BCUT2D eigenvalue weighted by Crippen LogP contribution is 2.30. The van der Waals surface area contributed by atoms with Crippen molar-refractivity contribution in [1.29, 1.82) is 0 Å². The number of rotatable bonds is 6. The van der Waals surface area contributed by atoms with Crippen LogP contribution in [-0.4, -0.2) is 37.7 Å². The normalized spacial score (nSPS) is 23.8. The summed E-state index contributed by atoms with van der Waals surface area (Å²) >= 11 is 0. The maximum Gasteiger partial charge on any atom is 0.123 e. The molecule has 3 rings (SSSR count). The van der Waals surface area contributed by atoms with Crippen molar-refractivity contribution in [3.05, 3.63) is 29.8 Å². The number of likely N-dealkylation sites (tertiary alicyclic amines) is 1. The number of ether oxygens (including phenoxy) is 1. The first-order valence-electron chi connectivity index (χ1n) is 7.95. The quantitative estimate of drug-likeness (QED) is 0.863. The highest BCUT2D eigenvalue weighted by atomic mass is 16.5. The Kier molecular flexibility index (Phi) is 4.58. The van der Waals surface area contributed by atoms with Gasteiger partial charge in [-0.3, -0.25) is 4.90 Å². The SMILES string of the molecule is CNC1CCCN(Cc2ccccc2OCC2CC2)C1. The number of hydrogen-bond acceptors (Lipinski definition) is 3. The molecule has 1 aromatic rings. The van der Waals surface area contributed by atoms with Gasteiger partial charge in [0, 0.05) is 24.7 Å². The lowest BCUT2D eigenvalue weighted by molar-refractivity contribution is 0.184. The van der Waals surface area contributed by atoms with Gasteiger partial charge in [-0.15, -0.1) is 0 Å². The van der Waals surface area contributed by atoms with Gasteiger partial charge < -0.3 is 10.1 Å². The first-order chi connectivity index (χ1) is 9.85. The highest BCUT2D eigenvalue weighted by Gasteiger charge is 2.23. The van der Waals surface area contributed by atoms with Crippen molar-refractivity contribution < 1.29 is 4.74 Å². The Morgan fingerprint density at radius 2 is 2.10 bits per heavy atom. The molecule has 0 radical (unpaired) electrons. The average Bonchev–Trinajstić information content (AvgIpc) is 3.31. The van der Waals surface area contributed by atoms with Crippen LogP contribution < -0.4 is 10.1 Å². The van der Waals surface area contributed by atoms with Crippen LogP contribution in [0.2, 0.25) is 0 Å². The molecule has 1 aromatic carbocycles. The molecule has 1 saturated heterocycles. The van der Waals surface area contributed by atoms with Gasteiger partial charge in [-0.2, -0.15) is 0 Å². The van der Waals surface area contributed by atoms with Crippen molar-refractivity contribution in [2.75, 3.05) is 26.7 Å². The van der Waals surface area contributed by atoms with Gasteiger partial charge in [-0.25, -0.2) is 0 Å². The van der Waals surface area contributed by atoms with E-state index in [1.54, 1.807) is 0 Å². The third-order valence-corrected chi connectivity index (χ3v) is 4.45. The Morgan fingerprint density at radius 3 is 2.90 bits per heavy atom. The zero-order valence-electron chi connectivity index (χ0n) is 12.5. The standard InChI is InChI=1S/C17H26N2O/c1-18-16-6-4-10-19(12-16)11-15-5-2-3-7-17(15)20-13-14-8-9-14/h2-3,5,7,14,16,18H,4,6,8-13H2,1H3. The van der Waals surface area contributed by atoms with E-state index >= 15 is 0 Å². The number of nitrogens with zero attached hydrogens (tertiary/aromatic N) is 1. The molecule has 0 spiro atoms. The molecule has 1 unspecified atom stereocenters. The second kappa shape index (κ2) is 6.59. The van der Waals surface area contributed by atoms with E-state index in [2.05, 4.69) is 41.5 Å². The number of nitrogens with one attached hydrogen (secondary N) is 1. The second-order valence-electron chi connectivity index (χ2n) is 6.23. The molecule has 1 heterocycles. The molecule has 0 aromatic heterocycles. The Labute approximate surface area is 122 Å². The number of likely N-dealkylation sites (N-methyl/N-ethyl adjacent to an activating group) is 1. The van der Waals surface area contributed by atoms with E-state index in [1.807, 2.05) is 0 Å². The second-order valence-corrected chi connectivity index (χ2v) is 6.23. The van der Waals surface area contributed by atoms with Gasteiger partial charge >= 0.3 is 0 Å². The first kappa shape index (κ1) is 13.9. The summed E-state index contributed by atoms with van der Waals surface area (Å²) in [4.78, 5) is 2.55. The van der Waals surface area contributed by atoms with Crippen LogP contribution in [0.15, 0.2) is 24.3 Å². The van der Waals surface area contributed by atoms with Crippen molar-refractivity contribution in [2.24, 2.45) is 5.92 Å². The lowest BCUT2D eigenvalue weighted by Crippen LogP contribution is -2.43. The van der Waals surface area contributed by atoms with Crippen LogP contribution in [0.4, 0.5) is 0 Å². The molecule has 0 amide bonds. The maximum atomic E-state index is 6.01. The van der Waals surface area contributed by atoms with Crippen molar-refractivity contribution in [3.8, 4) is 5.75 Å². The summed E-state index contributed by atoms with van der Waals surface area (Å²) < 4.78 is 6.01. The Bertz CT molecular complexity index is 431. The zero-order valence-corrected chi connectivity index (χ0v) is 12.5. The predicted molar refractivity (Wildman–Crippen MR) is 82.0 cm³/mol. The number of piperidine rings is 1. The van der Waals surface area contributed by atoms with Crippen molar-refractivity contribution in [3.63, 3.8) is 0 Å². The van der Waals surface area contributed by atoms with Gasteiger partial charge in [-0.1, -0.05) is 18.2 Å². The van der Waals surface area contributed by atoms with Gasteiger partial charge in [-0.05, 0) is 51.3 Å². The number of para-hydroxylation sites is 1. The van der Waals surface area contributed by atoms with Crippen LogP contribution in [0.5, 0.6) is 5.75 Å². The van der Waals surface area contributed by atoms with E-state index in [0.717, 1.165) is 31.4 Å². The van der Waals surface area contributed by atoms with Gasteiger partial charge in [0.25, 0.3) is 0 Å². The van der Waals surface area contributed by atoms with E-state index in [4.69, 9.17) is 4.74 Å². The van der Waals surface area contributed by atoms with Crippen LogP contribution in [0, 0.1) is 5.92 Å². The van der Waals surface area contributed by atoms with Crippen LogP contribution in [0.25, 0.3) is 0 Å². The van der Waals surface area contributed by atoms with Gasteiger partial charge in [0.05, 0.1) is 6.61 Å². The molecule has 3 nitrogen and oxygen atoms in total. The van der Waals surface area contributed by atoms with E-state index in [9.17, 15) is 0 Å². The number of hydrogen-bond donors (Lipinski definition) is 1. The molecule has 3 heteroatoms. The van der Waals surface area contributed by atoms with Crippen molar-refractivity contribution in [2.45, 2.75) is 38.3 Å². The number of benzene rings is 1. The van der Waals surface area contributed by atoms with E-state index in [-0.39, 0.29) is 0 Å². The van der Waals surface area contributed by atoms with E-state index in [0.29, 0.717) is 6.04 Å². The lowest BCUT2D eigenvalue weighted by atomic mass is 10.0. The van der Waals surface area contributed by atoms with Gasteiger partial charge in [0.15, 0.2) is 0 Å². The monoisotopic (exact) mass is 274 g/mol. The molecule has 20 heavy (non-hydrogen) atoms. The largest absolute Gasteiger partial charge is 0.493 e. The molecule has 1 N–H and O–H groups in total. The van der Waals surface area contributed by atoms with Crippen LogP contribution >= 0.6 is 0 Å². The smallest absolute Gasteiger partial charge is 0.123 e. The van der Waals surface area contributed by atoms with E-state index in [1.165, 1.54) is 37.8 Å². The minimum Gasteiger partial charge on any atom is -0.493 e. The minimum absolute atomic E-state index is 0.642. The fraction of sp³-hybridized carbons (Fsp3) is 0.647. The highest BCUT2D eigenvalue weighted by molar-refractivity contribution is 5.33. The average molecular weight is 274 g/mol. The van der Waals surface area contributed by atoms with Gasteiger partial charge in [0.2, 0.25) is 0 Å². The molecule has 110 valence electrons.